The van der Waals surface area contributed by atoms with Crippen molar-refractivity contribution in [2.75, 3.05) is 21.3 Å². The maximum Gasteiger partial charge on any atom is 0.335 e. The van der Waals surface area contributed by atoms with E-state index in [2.05, 4.69) is 4.74 Å². The van der Waals surface area contributed by atoms with Crippen molar-refractivity contribution in [2.24, 2.45) is 5.92 Å². The van der Waals surface area contributed by atoms with Crippen LogP contribution in [0.3, 0.4) is 0 Å². The summed E-state index contributed by atoms with van der Waals surface area (Å²) in [4.78, 5) is 11.3. The third-order valence-electron chi connectivity index (χ3n) is 1.82. The second kappa shape index (κ2) is 7.33. The molecule has 0 aromatic carbocycles. The number of ether oxygens (including phenoxy) is 4. The molecule has 15 heavy (non-hydrogen) atoms. The Hall–Kier alpha value is -0.980. The molecule has 88 valence electrons. The molecule has 0 aliphatic rings. The van der Waals surface area contributed by atoms with Crippen molar-refractivity contribution in [2.45, 2.75) is 19.5 Å². The van der Waals surface area contributed by atoms with Crippen LogP contribution in [0.5, 0.6) is 0 Å². The maximum atomic E-state index is 11.3. The van der Waals surface area contributed by atoms with Gasteiger partial charge in [-0.1, -0.05) is 6.92 Å². The van der Waals surface area contributed by atoms with Crippen LogP contribution < -0.4 is 0 Å². The highest BCUT2D eigenvalue weighted by Gasteiger charge is 2.28. The van der Waals surface area contributed by atoms with Crippen LogP contribution >= 0.6 is 0 Å². The molecule has 0 radical (unpaired) electrons. The molecule has 2 unspecified atom stereocenters. The molecule has 0 heterocycles. The van der Waals surface area contributed by atoms with Gasteiger partial charge in [0.2, 0.25) is 0 Å². The predicted molar refractivity (Wildman–Crippen MR) is 52.6 cm³/mol. The fraction of sp³-hybridized carbons (Fsp3) is 0.778. The zero-order valence-electron chi connectivity index (χ0n) is 9.35. The molecule has 6 nitrogen and oxygen atoms in total. The molecule has 6 heteroatoms. The first-order chi connectivity index (χ1) is 7.10. The van der Waals surface area contributed by atoms with E-state index in [4.69, 9.17) is 19.6 Å². The average Bonchev–Trinajstić information content (AvgIpc) is 2.29. The van der Waals surface area contributed by atoms with Crippen molar-refractivity contribution in [1.82, 2.24) is 0 Å². The largest absolute Gasteiger partial charge is 0.467 e. The van der Waals surface area contributed by atoms with Crippen LogP contribution in [0.15, 0.2) is 0 Å². The van der Waals surface area contributed by atoms with Crippen LogP contribution in [-0.2, 0) is 23.7 Å². The Kier molecular flexibility index (Phi) is 6.85. The molecule has 0 bridgehead atoms. The Labute approximate surface area is 89.0 Å². The number of carbonyl (C=O) groups is 1. The van der Waals surface area contributed by atoms with E-state index in [0.29, 0.717) is 0 Å². The van der Waals surface area contributed by atoms with Gasteiger partial charge in [0.15, 0.2) is 6.10 Å². The van der Waals surface area contributed by atoms with Crippen molar-refractivity contribution in [3.8, 4) is 0 Å². The first kappa shape index (κ1) is 14.0. The highest BCUT2D eigenvalue weighted by Crippen LogP contribution is 2.11. The zero-order chi connectivity index (χ0) is 11.8. The Morgan fingerprint density at radius 1 is 1.27 bits per heavy atom. The molecule has 0 aromatic heterocycles. The zero-order valence-corrected chi connectivity index (χ0v) is 9.35. The van der Waals surface area contributed by atoms with E-state index < -0.39 is 24.5 Å². The lowest BCUT2D eigenvalue weighted by Crippen LogP contribution is -2.37. The molecule has 1 N–H and O–H groups in total. The van der Waals surface area contributed by atoms with E-state index in [1.54, 1.807) is 6.92 Å². The van der Waals surface area contributed by atoms with Gasteiger partial charge in [0.05, 0.1) is 7.11 Å². The normalized spacial score (nSPS) is 14.7. The minimum atomic E-state index is -0.948. The fourth-order valence-electron chi connectivity index (χ4n) is 0.925. The van der Waals surface area contributed by atoms with E-state index in [-0.39, 0.29) is 0 Å². The fourth-order valence-corrected chi connectivity index (χ4v) is 0.925. The summed E-state index contributed by atoms with van der Waals surface area (Å²) in [5.74, 6) is -0.977. The maximum absolute atomic E-state index is 11.3. The van der Waals surface area contributed by atoms with Crippen LogP contribution in [0.4, 0.5) is 0 Å². The highest BCUT2D eigenvalue weighted by atomic mass is 16.8. The van der Waals surface area contributed by atoms with Gasteiger partial charge in [-0.25, -0.2) is 4.79 Å². The number of nitrogens with one attached hydrogen (secondary N) is 1. The highest BCUT2D eigenvalue weighted by molar-refractivity contribution is 5.79. The molecule has 0 amide bonds. The van der Waals surface area contributed by atoms with Crippen molar-refractivity contribution >= 4 is 12.2 Å². The minimum absolute atomic E-state index is 0.412. The van der Waals surface area contributed by atoms with Gasteiger partial charge in [-0.15, -0.1) is 0 Å². The Bertz CT molecular complexity index is 205. The third kappa shape index (κ3) is 4.37. The van der Waals surface area contributed by atoms with Gasteiger partial charge in [-0.05, 0) is 0 Å². The summed E-state index contributed by atoms with van der Waals surface area (Å²) in [5, 5.41) is 7.07. The van der Waals surface area contributed by atoms with E-state index in [9.17, 15) is 4.79 Å². The number of methoxy groups -OCH3 is 3. The Morgan fingerprint density at radius 2 is 1.80 bits per heavy atom. The molecule has 0 aromatic rings. The quantitative estimate of drug-likeness (QED) is 0.381. The molecule has 0 fully saturated rings. The molecule has 2 atom stereocenters. The smallest absolute Gasteiger partial charge is 0.335 e. The topological polar surface area (TPSA) is 77.8 Å². The Balaban J connectivity index is 4.49. The SMILES string of the molecule is COC(=O)C(OC(OC)OC)C(C)C=N. The molecular weight excluding hydrogens is 202 g/mol. The van der Waals surface area contributed by atoms with Crippen LogP contribution in [-0.4, -0.2) is 46.1 Å². The molecule has 0 saturated heterocycles. The van der Waals surface area contributed by atoms with Crippen molar-refractivity contribution in [3.63, 3.8) is 0 Å². The van der Waals surface area contributed by atoms with E-state index >= 15 is 0 Å². The molecule has 0 aliphatic heterocycles. The number of rotatable bonds is 7. The van der Waals surface area contributed by atoms with Gasteiger partial charge in [0.1, 0.15) is 0 Å². The van der Waals surface area contributed by atoms with E-state index in [1.165, 1.54) is 21.3 Å². The third-order valence-corrected chi connectivity index (χ3v) is 1.82. The van der Waals surface area contributed by atoms with Crippen molar-refractivity contribution < 1.29 is 23.7 Å². The lowest BCUT2D eigenvalue weighted by atomic mass is 10.1. The summed E-state index contributed by atoms with van der Waals surface area (Å²) >= 11 is 0. The summed E-state index contributed by atoms with van der Waals surface area (Å²) in [5.41, 5.74) is 0. The van der Waals surface area contributed by atoms with Crippen molar-refractivity contribution in [3.05, 3.63) is 0 Å². The number of hydrogen-bond acceptors (Lipinski definition) is 6. The molecule has 0 saturated carbocycles. The second-order valence-corrected chi connectivity index (χ2v) is 2.87. The number of carbonyl (C=O) groups excluding carboxylic acids is 1. The molecular formula is C9H17NO5. The van der Waals surface area contributed by atoms with Gasteiger partial charge in [0.25, 0.3) is 6.48 Å². The van der Waals surface area contributed by atoms with Gasteiger partial charge < -0.3 is 24.4 Å². The summed E-state index contributed by atoms with van der Waals surface area (Å²) in [7, 11) is 4.03. The lowest BCUT2D eigenvalue weighted by Gasteiger charge is -2.23. The van der Waals surface area contributed by atoms with Crippen LogP contribution in [0, 0.1) is 11.3 Å². The number of esters is 1. The van der Waals surface area contributed by atoms with Crippen molar-refractivity contribution in [1.29, 1.82) is 5.41 Å². The first-order valence-electron chi connectivity index (χ1n) is 4.40. The summed E-state index contributed by atoms with van der Waals surface area (Å²) in [6, 6.07) is 0. The van der Waals surface area contributed by atoms with Gasteiger partial charge in [0, 0.05) is 26.4 Å². The van der Waals surface area contributed by atoms with Crippen LogP contribution in [0.25, 0.3) is 0 Å². The minimum Gasteiger partial charge on any atom is -0.467 e. The van der Waals surface area contributed by atoms with Gasteiger partial charge >= 0.3 is 5.97 Å². The number of hydrogen-bond donors (Lipinski definition) is 1. The summed E-state index contributed by atoms with van der Waals surface area (Å²) < 4.78 is 19.3. The average molecular weight is 219 g/mol. The molecule has 0 rings (SSSR count). The lowest BCUT2D eigenvalue weighted by molar-refractivity contribution is -0.285. The second-order valence-electron chi connectivity index (χ2n) is 2.87. The standard InChI is InChI=1S/C9H17NO5/c1-6(5-10)7(8(11)12-2)15-9(13-3)14-4/h5-7,9-10H,1-4H3. The Morgan fingerprint density at radius 3 is 2.13 bits per heavy atom. The molecule has 0 aliphatic carbocycles. The summed E-state index contributed by atoms with van der Waals surface area (Å²) in [6.45, 7) is 0.716. The van der Waals surface area contributed by atoms with Gasteiger partial charge in [-0.2, -0.15) is 0 Å². The first-order valence-corrected chi connectivity index (χ1v) is 4.40. The molecule has 0 spiro atoms. The summed E-state index contributed by atoms with van der Waals surface area (Å²) in [6.07, 6.45) is 0.196. The predicted octanol–water partition coefficient (Wildman–Crippen LogP) is 0.407. The monoisotopic (exact) mass is 219 g/mol. The van der Waals surface area contributed by atoms with Crippen LogP contribution in [0.1, 0.15) is 6.92 Å². The van der Waals surface area contributed by atoms with E-state index in [0.717, 1.165) is 6.21 Å². The van der Waals surface area contributed by atoms with E-state index in [1.807, 2.05) is 0 Å². The van der Waals surface area contributed by atoms with Gasteiger partial charge in [-0.3, -0.25) is 0 Å². The van der Waals surface area contributed by atoms with Crippen LogP contribution in [0.2, 0.25) is 0 Å².